The predicted molar refractivity (Wildman–Crippen MR) is 111 cm³/mol. The van der Waals surface area contributed by atoms with Crippen molar-refractivity contribution in [2.45, 2.75) is 25.6 Å². The van der Waals surface area contributed by atoms with Crippen LogP contribution in [0.15, 0.2) is 17.2 Å². The van der Waals surface area contributed by atoms with E-state index < -0.39 is 29.2 Å². The first kappa shape index (κ1) is 24.5. The summed E-state index contributed by atoms with van der Waals surface area (Å²) in [5.74, 6) is -0.781. The number of hydrogen-bond donors (Lipinski definition) is 1. The van der Waals surface area contributed by atoms with E-state index in [4.69, 9.17) is 14.7 Å². The summed E-state index contributed by atoms with van der Waals surface area (Å²) < 4.78 is 49.7. The van der Waals surface area contributed by atoms with Gasteiger partial charge in [-0.05, 0) is 6.92 Å². The molecule has 178 valence electrons. The summed E-state index contributed by atoms with van der Waals surface area (Å²) in [6.07, 6.45) is -3.26. The number of aromatic nitrogens is 3. The van der Waals surface area contributed by atoms with Crippen LogP contribution in [0.1, 0.15) is 23.8 Å². The highest BCUT2D eigenvalue weighted by molar-refractivity contribution is 7.16. The number of halogens is 3. The number of thiazole rings is 1. The predicted octanol–water partition coefficient (Wildman–Crippen LogP) is 1.64. The molecule has 1 aliphatic heterocycles. The molecule has 2 aromatic heterocycles. The van der Waals surface area contributed by atoms with E-state index >= 15 is 0 Å². The number of ether oxygens (including phenoxy) is 2. The van der Waals surface area contributed by atoms with Crippen molar-refractivity contribution in [2.75, 3.05) is 44.3 Å². The summed E-state index contributed by atoms with van der Waals surface area (Å²) in [6.45, 7) is 3.70. The zero-order chi connectivity index (χ0) is 24.0. The van der Waals surface area contributed by atoms with E-state index in [0.29, 0.717) is 31.1 Å². The van der Waals surface area contributed by atoms with Crippen LogP contribution < -0.4 is 15.2 Å². The van der Waals surface area contributed by atoms with E-state index in [2.05, 4.69) is 10.1 Å². The first-order valence-corrected chi connectivity index (χ1v) is 10.8. The van der Waals surface area contributed by atoms with Gasteiger partial charge in [0.2, 0.25) is 5.91 Å². The molecule has 3 heterocycles. The Morgan fingerprint density at radius 1 is 1.33 bits per heavy atom. The van der Waals surface area contributed by atoms with Gasteiger partial charge in [0.05, 0.1) is 32.0 Å². The number of piperazine rings is 1. The molecule has 14 heteroatoms. The van der Waals surface area contributed by atoms with Crippen molar-refractivity contribution in [1.29, 1.82) is 5.26 Å². The van der Waals surface area contributed by atoms with Crippen molar-refractivity contribution in [2.24, 2.45) is 0 Å². The molecule has 0 aliphatic carbocycles. The van der Waals surface area contributed by atoms with Crippen LogP contribution >= 0.6 is 11.3 Å². The number of nitrogens with zero attached hydrogens (tertiary/aromatic N) is 5. The molecule has 1 amide bonds. The molecule has 0 saturated carbocycles. The molecular weight excluding hydrogens is 465 g/mol. The van der Waals surface area contributed by atoms with Crippen molar-refractivity contribution < 1.29 is 27.4 Å². The number of hydrogen-bond acceptors (Lipinski definition) is 9. The number of H-pyrrole nitrogens is 1. The molecule has 2 aromatic rings. The molecule has 3 rings (SSSR count). The smallest absolute Gasteiger partial charge is 0.425 e. The van der Waals surface area contributed by atoms with Crippen molar-refractivity contribution in [3.8, 4) is 11.8 Å². The Kier molecular flexibility index (Phi) is 7.88. The van der Waals surface area contributed by atoms with Crippen molar-refractivity contribution in [3.05, 3.63) is 33.2 Å². The van der Waals surface area contributed by atoms with Crippen LogP contribution in [0.5, 0.6) is 5.75 Å². The van der Waals surface area contributed by atoms with Crippen LogP contribution in [0, 0.1) is 11.3 Å². The lowest BCUT2D eigenvalue weighted by atomic mass is 10.2. The summed E-state index contributed by atoms with van der Waals surface area (Å²) >= 11 is 1.30. The summed E-state index contributed by atoms with van der Waals surface area (Å²) in [5.41, 5.74) is -2.85. The minimum atomic E-state index is -4.89. The summed E-state index contributed by atoms with van der Waals surface area (Å²) in [5, 5.41) is 14.7. The minimum Gasteiger partial charge on any atom is -0.486 e. The van der Waals surface area contributed by atoms with E-state index in [9.17, 15) is 22.8 Å². The third-order valence-corrected chi connectivity index (χ3v) is 5.72. The molecule has 10 nitrogen and oxygen atoms in total. The molecule has 1 aliphatic rings. The Morgan fingerprint density at radius 3 is 2.70 bits per heavy atom. The maximum Gasteiger partial charge on any atom is 0.425 e. The zero-order valence-corrected chi connectivity index (χ0v) is 18.4. The molecule has 33 heavy (non-hydrogen) atoms. The molecule has 1 N–H and O–H groups in total. The zero-order valence-electron chi connectivity index (χ0n) is 17.6. The van der Waals surface area contributed by atoms with Crippen molar-refractivity contribution in [1.82, 2.24) is 20.1 Å². The van der Waals surface area contributed by atoms with Gasteiger partial charge in [-0.1, -0.05) is 11.3 Å². The Morgan fingerprint density at radius 2 is 2.06 bits per heavy atom. The van der Waals surface area contributed by atoms with Crippen LogP contribution in [0.4, 0.5) is 18.3 Å². The number of aromatic amines is 1. The normalized spacial score (nSPS) is 15.2. The topological polar surface area (TPSA) is 124 Å². The van der Waals surface area contributed by atoms with Crippen LogP contribution in [-0.2, 0) is 15.7 Å². The summed E-state index contributed by atoms with van der Waals surface area (Å²) in [7, 11) is 0. The molecule has 1 fully saturated rings. The Bertz CT molecular complexity index is 1060. The second kappa shape index (κ2) is 10.6. The molecule has 0 bridgehead atoms. The molecule has 1 unspecified atom stereocenters. The lowest BCUT2D eigenvalue weighted by Crippen LogP contribution is -2.49. The Hall–Kier alpha value is -3.18. The number of anilines is 1. The van der Waals surface area contributed by atoms with Gasteiger partial charge in [0, 0.05) is 26.2 Å². The first-order valence-electron chi connectivity index (χ1n) is 9.97. The number of nitriles is 1. The van der Waals surface area contributed by atoms with Gasteiger partial charge in [0.25, 0.3) is 5.56 Å². The van der Waals surface area contributed by atoms with E-state index in [1.54, 1.807) is 10.00 Å². The van der Waals surface area contributed by atoms with Crippen LogP contribution in [0.3, 0.4) is 0 Å². The molecule has 0 aromatic carbocycles. The number of amides is 1. The van der Waals surface area contributed by atoms with Crippen molar-refractivity contribution >= 4 is 22.4 Å². The minimum absolute atomic E-state index is 0.0730. The fourth-order valence-corrected chi connectivity index (χ4v) is 3.93. The number of carbonyl (C=O) groups is 1. The van der Waals surface area contributed by atoms with E-state index in [1.165, 1.54) is 24.5 Å². The number of rotatable bonds is 8. The van der Waals surface area contributed by atoms with Crippen molar-refractivity contribution in [3.63, 3.8) is 0 Å². The quantitative estimate of drug-likeness (QED) is 0.559. The number of nitrogens with one attached hydrogen (secondary N) is 1. The highest BCUT2D eigenvalue weighted by Gasteiger charge is 2.38. The molecular formula is C19H21F3N6O4S. The van der Waals surface area contributed by atoms with Gasteiger partial charge in [0.15, 0.2) is 16.4 Å². The van der Waals surface area contributed by atoms with Gasteiger partial charge in [-0.25, -0.2) is 10.1 Å². The van der Waals surface area contributed by atoms with E-state index in [0.717, 1.165) is 11.3 Å². The lowest BCUT2D eigenvalue weighted by molar-refractivity contribution is -0.141. The maximum absolute atomic E-state index is 13.1. The fourth-order valence-electron chi connectivity index (χ4n) is 3.17. The number of alkyl halides is 3. The lowest BCUT2D eigenvalue weighted by Gasteiger charge is -2.34. The van der Waals surface area contributed by atoms with Crippen LogP contribution in [0.25, 0.3) is 0 Å². The Labute approximate surface area is 190 Å². The van der Waals surface area contributed by atoms with Crippen LogP contribution in [0.2, 0.25) is 0 Å². The van der Waals surface area contributed by atoms with Crippen LogP contribution in [-0.4, -0.2) is 71.5 Å². The standard InChI is InChI=1S/C19H21F3N6O4S/c1-12(32-14-10-25-26-17(30)16(14)19(20,21)22)11-31-7-2-15(29)27-3-5-28(6-4-27)18-24-9-13(8-23)33-18/h9-10,12H,2-7,11H2,1H3,(H,26,30). The number of carbonyl (C=O) groups excluding carboxylic acids is 1. The maximum atomic E-state index is 13.1. The highest BCUT2D eigenvalue weighted by Crippen LogP contribution is 2.33. The SMILES string of the molecule is CC(COCCC(=O)N1CCN(c2ncc(C#N)s2)CC1)Oc1cn[nH]c(=O)c1C(F)(F)F. The first-order chi connectivity index (χ1) is 15.7. The van der Waals surface area contributed by atoms with E-state index in [1.807, 2.05) is 11.0 Å². The molecule has 1 atom stereocenters. The average molecular weight is 486 g/mol. The van der Waals surface area contributed by atoms with Gasteiger partial charge in [-0.3, -0.25) is 9.59 Å². The Balaban J connectivity index is 1.39. The second-order valence-corrected chi connectivity index (χ2v) is 8.19. The highest BCUT2D eigenvalue weighted by atomic mass is 32.1. The van der Waals surface area contributed by atoms with E-state index in [-0.39, 0.29) is 25.5 Å². The summed E-state index contributed by atoms with van der Waals surface area (Å²) in [4.78, 5) is 32.3. The molecule has 0 spiro atoms. The van der Waals surface area contributed by atoms with Gasteiger partial charge in [0.1, 0.15) is 17.1 Å². The second-order valence-electron chi connectivity index (χ2n) is 7.18. The monoisotopic (exact) mass is 486 g/mol. The average Bonchev–Trinajstić information content (AvgIpc) is 3.25. The fraction of sp³-hybridized carbons (Fsp3) is 0.526. The van der Waals surface area contributed by atoms with Gasteiger partial charge >= 0.3 is 6.18 Å². The summed E-state index contributed by atoms with van der Waals surface area (Å²) in [6, 6.07) is 2.05. The van der Waals surface area contributed by atoms with Gasteiger partial charge in [-0.15, -0.1) is 0 Å². The molecule has 1 saturated heterocycles. The van der Waals surface area contributed by atoms with Gasteiger partial charge in [-0.2, -0.15) is 23.5 Å². The third-order valence-electron chi connectivity index (χ3n) is 4.75. The molecule has 0 radical (unpaired) electrons. The third kappa shape index (κ3) is 6.42. The largest absolute Gasteiger partial charge is 0.486 e. The van der Waals surface area contributed by atoms with Gasteiger partial charge < -0.3 is 19.3 Å².